The summed E-state index contributed by atoms with van der Waals surface area (Å²) in [6.45, 7) is 12.5. The van der Waals surface area contributed by atoms with E-state index >= 15 is 0 Å². The molecule has 0 fully saturated rings. The van der Waals surface area contributed by atoms with Crippen LogP contribution in [0.2, 0.25) is 0 Å². The van der Waals surface area contributed by atoms with Crippen LogP contribution in [-0.4, -0.2) is 53.4 Å². The third-order valence-corrected chi connectivity index (χ3v) is 4.73. The van der Waals surface area contributed by atoms with E-state index in [1.165, 1.54) is 0 Å². The number of hydrogen-bond donors (Lipinski definition) is 1. The molecule has 0 saturated heterocycles. The zero-order chi connectivity index (χ0) is 19.1. The fourth-order valence-electron chi connectivity index (χ4n) is 3.03. The molecule has 0 saturated carbocycles. The van der Waals surface area contributed by atoms with Crippen LogP contribution in [0.25, 0.3) is 11.1 Å². The number of hydrogen-bond acceptors (Lipinski definition) is 4. The van der Waals surface area contributed by atoms with Gasteiger partial charge >= 0.3 is 0 Å². The molecule has 26 heavy (non-hydrogen) atoms. The second kappa shape index (κ2) is 9.34. The van der Waals surface area contributed by atoms with Gasteiger partial charge in [-0.25, -0.2) is 4.98 Å². The maximum absolute atomic E-state index is 12.9. The molecule has 1 aromatic carbocycles. The molecule has 0 aliphatic carbocycles. The number of nitrogens with zero attached hydrogens (tertiary/aromatic N) is 3. The second-order valence-corrected chi connectivity index (χ2v) is 6.38. The fraction of sp³-hybridized carbons (Fsp3) is 0.429. The molecule has 1 aromatic heterocycles. The van der Waals surface area contributed by atoms with Gasteiger partial charge in [-0.05, 0) is 56.8 Å². The number of aromatic nitrogens is 1. The lowest BCUT2D eigenvalue weighted by molar-refractivity contribution is 0.0747. The first-order chi connectivity index (χ1) is 12.5. The first-order valence-corrected chi connectivity index (χ1v) is 9.35. The molecule has 2 aromatic rings. The lowest BCUT2D eigenvalue weighted by Gasteiger charge is -2.25. The van der Waals surface area contributed by atoms with Crippen molar-refractivity contribution in [3.63, 3.8) is 0 Å². The summed E-state index contributed by atoms with van der Waals surface area (Å²) >= 11 is 0. The Morgan fingerprint density at radius 3 is 2.38 bits per heavy atom. The van der Waals surface area contributed by atoms with Crippen molar-refractivity contribution in [2.75, 3.05) is 38.5 Å². The number of carbonyl (C=O) groups excluding carboxylic acids is 1. The molecule has 0 unspecified atom stereocenters. The van der Waals surface area contributed by atoms with Gasteiger partial charge < -0.3 is 15.5 Å². The number of pyridine rings is 1. The van der Waals surface area contributed by atoms with Crippen molar-refractivity contribution in [3.05, 3.63) is 47.7 Å². The molecule has 2 rings (SSSR count). The lowest BCUT2D eigenvalue weighted by Crippen LogP contribution is -2.38. The number of nitrogen functional groups attached to an aromatic ring is 1. The lowest BCUT2D eigenvalue weighted by atomic mass is 10.0. The van der Waals surface area contributed by atoms with Crippen molar-refractivity contribution in [1.82, 2.24) is 14.8 Å². The van der Waals surface area contributed by atoms with Gasteiger partial charge in [0, 0.05) is 36.5 Å². The average molecular weight is 354 g/mol. The van der Waals surface area contributed by atoms with E-state index in [4.69, 9.17) is 5.73 Å². The smallest absolute Gasteiger partial charge is 0.253 e. The van der Waals surface area contributed by atoms with Crippen molar-refractivity contribution in [1.29, 1.82) is 0 Å². The topological polar surface area (TPSA) is 62.5 Å². The van der Waals surface area contributed by atoms with Crippen LogP contribution in [-0.2, 0) is 0 Å². The zero-order valence-electron chi connectivity index (χ0n) is 16.3. The molecule has 0 bridgehead atoms. The number of aryl methyl sites for hydroxylation is 1. The summed E-state index contributed by atoms with van der Waals surface area (Å²) in [6.07, 6.45) is 0. The van der Waals surface area contributed by atoms with Gasteiger partial charge in [0.2, 0.25) is 0 Å². The van der Waals surface area contributed by atoms with E-state index in [2.05, 4.69) is 23.7 Å². The summed E-state index contributed by atoms with van der Waals surface area (Å²) in [6, 6.07) is 11.5. The molecule has 2 N–H and O–H groups in total. The molecular formula is C21H30N4O. The third-order valence-electron chi connectivity index (χ3n) is 4.73. The Morgan fingerprint density at radius 2 is 1.77 bits per heavy atom. The number of amides is 1. The number of rotatable bonds is 8. The normalized spacial score (nSPS) is 11.0. The summed E-state index contributed by atoms with van der Waals surface area (Å²) < 4.78 is 0. The Kier molecular flexibility index (Phi) is 7.16. The van der Waals surface area contributed by atoms with Crippen LogP contribution in [0.15, 0.2) is 36.4 Å². The Balaban J connectivity index is 2.20. The van der Waals surface area contributed by atoms with Crippen LogP contribution in [0.4, 0.5) is 5.82 Å². The SMILES string of the molecule is CCN(CC)CCN(CC)C(=O)c1cccc(-c2ccc(C)nc2N)c1. The standard InChI is InChI=1S/C21H30N4O/c1-5-24(6-2)13-14-25(7-3)21(26)18-10-8-9-17(15-18)19-12-11-16(4)23-20(19)22/h8-12,15H,5-7,13-14H2,1-4H3,(H2,22,23). The summed E-state index contributed by atoms with van der Waals surface area (Å²) in [7, 11) is 0. The number of anilines is 1. The minimum Gasteiger partial charge on any atom is -0.383 e. The van der Waals surface area contributed by atoms with Crippen LogP contribution in [0, 0.1) is 6.92 Å². The van der Waals surface area contributed by atoms with Gasteiger partial charge in [-0.3, -0.25) is 4.79 Å². The van der Waals surface area contributed by atoms with Crippen LogP contribution in [0.1, 0.15) is 36.8 Å². The summed E-state index contributed by atoms with van der Waals surface area (Å²) in [5.41, 5.74) is 9.41. The van der Waals surface area contributed by atoms with Gasteiger partial charge in [0.15, 0.2) is 0 Å². The molecule has 5 heteroatoms. The van der Waals surface area contributed by atoms with Gasteiger partial charge in [0.1, 0.15) is 5.82 Å². The molecule has 1 amide bonds. The number of carbonyl (C=O) groups is 1. The highest BCUT2D eigenvalue weighted by atomic mass is 16.2. The van der Waals surface area contributed by atoms with Crippen LogP contribution in [0.3, 0.4) is 0 Å². The van der Waals surface area contributed by atoms with E-state index in [1.807, 2.05) is 55.1 Å². The molecule has 5 nitrogen and oxygen atoms in total. The Bertz CT molecular complexity index is 741. The largest absolute Gasteiger partial charge is 0.383 e. The van der Waals surface area contributed by atoms with E-state index < -0.39 is 0 Å². The molecular weight excluding hydrogens is 324 g/mol. The Morgan fingerprint density at radius 1 is 1.04 bits per heavy atom. The molecule has 0 atom stereocenters. The molecule has 0 spiro atoms. The van der Waals surface area contributed by atoms with Crippen LogP contribution >= 0.6 is 0 Å². The van der Waals surface area contributed by atoms with E-state index in [9.17, 15) is 4.79 Å². The Hall–Kier alpha value is -2.40. The second-order valence-electron chi connectivity index (χ2n) is 6.38. The number of nitrogens with two attached hydrogens (primary N) is 1. The van der Waals surface area contributed by atoms with Crippen LogP contribution < -0.4 is 5.73 Å². The maximum Gasteiger partial charge on any atom is 0.253 e. The highest BCUT2D eigenvalue weighted by Gasteiger charge is 2.16. The van der Waals surface area contributed by atoms with E-state index in [0.29, 0.717) is 17.9 Å². The van der Waals surface area contributed by atoms with Gasteiger partial charge in [-0.2, -0.15) is 0 Å². The quantitative estimate of drug-likeness (QED) is 0.789. The fourth-order valence-corrected chi connectivity index (χ4v) is 3.03. The number of likely N-dealkylation sites (N-methyl/N-ethyl adjacent to an activating group) is 2. The predicted molar refractivity (Wildman–Crippen MR) is 108 cm³/mol. The average Bonchev–Trinajstić information content (AvgIpc) is 2.65. The summed E-state index contributed by atoms with van der Waals surface area (Å²) in [4.78, 5) is 21.5. The number of benzene rings is 1. The van der Waals surface area contributed by atoms with E-state index in [0.717, 1.165) is 43.0 Å². The van der Waals surface area contributed by atoms with Gasteiger partial charge in [0.25, 0.3) is 5.91 Å². The molecule has 0 aliphatic rings. The van der Waals surface area contributed by atoms with Crippen molar-refractivity contribution < 1.29 is 4.79 Å². The highest BCUT2D eigenvalue weighted by Crippen LogP contribution is 2.25. The van der Waals surface area contributed by atoms with Crippen molar-refractivity contribution >= 4 is 11.7 Å². The van der Waals surface area contributed by atoms with Gasteiger partial charge in [0.05, 0.1) is 0 Å². The molecule has 0 aliphatic heterocycles. The monoisotopic (exact) mass is 354 g/mol. The molecule has 1 heterocycles. The van der Waals surface area contributed by atoms with Gasteiger partial charge in [-0.15, -0.1) is 0 Å². The zero-order valence-corrected chi connectivity index (χ0v) is 16.3. The Labute approximate surface area is 156 Å². The van der Waals surface area contributed by atoms with E-state index in [1.54, 1.807) is 0 Å². The van der Waals surface area contributed by atoms with Crippen molar-refractivity contribution in [3.8, 4) is 11.1 Å². The first-order valence-electron chi connectivity index (χ1n) is 9.35. The van der Waals surface area contributed by atoms with Gasteiger partial charge in [-0.1, -0.05) is 26.0 Å². The van der Waals surface area contributed by atoms with Crippen molar-refractivity contribution in [2.24, 2.45) is 0 Å². The minimum atomic E-state index is 0.0557. The van der Waals surface area contributed by atoms with Crippen LogP contribution in [0.5, 0.6) is 0 Å². The summed E-state index contributed by atoms with van der Waals surface area (Å²) in [5.74, 6) is 0.545. The van der Waals surface area contributed by atoms with E-state index in [-0.39, 0.29) is 5.91 Å². The third kappa shape index (κ3) is 4.82. The van der Waals surface area contributed by atoms with Crippen molar-refractivity contribution in [2.45, 2.75) is 27.7 Å². The minimum absolute atomic E-state index is 0.0557. The highest BCUT2D eigenvalue weighted by molar-refractivity contribution is 5.95. The molecule has 140 valence electrons. The summed E-state index contributed by atoms with van der Waals surface area (Å²) in [5, 5.41) is 0. The first kappa shape index (κ1) is 19.9. The predicted octanol–water partition coefficient (Wildman–Crippen LogP) is 3.44. The maximum atomic E-state index is 12.9. The molecule has 0 radical (unpaired) electrons.